The zero-order valence-corrected chi connectivity index (χ0v) is 11.7. The average molecular weight is 237 g/mol. The number of nitrogens with one attached hydrogen (secondary N) is 1. The lowest BCUT2D eigenvalue weighted by Gasteiger charge is -2.23. The van der Waals surface area contributed by atoms with Gasteiger partial charge in [-0.05, 0) is 34.1 Å². The van der Waals surface area contributed by atoms with Crippen LogP contribution in [0.2, 0.25) is 0 Å². The summed E-state index contributed by atoms with van der Waals surface area (Å²) in [7, 11) is 1.68. The summed E-state index contributed by atoms with van der Waals surface area (Å²) < 4.78 is 5.43. The molecule has 1 aromatic rings. The van der Waals surface area contributed by atoms with Gasteiger partial charge in [0.15, 0.2) is 5.82 Å². The number of methoxy groups -OCH3 is 1. The summed E-state index contributed by atoms with van der Waals surface area (Å²) in [4.78, 5) is 9.14. The van der Waals surface area contributed by atoms with Crippen LogP contribution in [0.4, 0.5) is 5.82 Å². The molecule has 1 rings (SSSR count). The minimum absolute atomic E-state index is 0.457. The average Bonchev–Trinajstić information content (AvgIpc) is 2.29. The van der Waals surface area contributed by atoms with Gasteiger partial charge >= 0.3 is 0 Å². The molecule has 0 fully saturated rings. The largest absolute Gasteiger partial charge is 0.371 e. The van der Waals surface area contributed by atoms with Gasteiger partial charge in [0.05, 0.1) is 0 Å². The molecule has 0 radical (unpaired) electrons. The van der Waals surface area contributed by atoms with Crippen molar-refractivity contribution in [1.82, 2.24) is 9.97 Å². The highest BCUT2D eigenvalue weighted by Crippen LogP contribution is 2.25. The Bertz CT molecular complexity index is 388. The number of anilines is 1. The standard InChI is InChI=1S/C13H23N3O/c1-7-10-9(3)15-12(13(4,5)17-6)16-11(10)14-8-2/h7-8H2,1-6H3,(H,14,15,16). The normalized spacial score (nSPS) is 11.6. The molecular formula is C13H23N3O. The van der Waals surface area contributed by atoms with Crippen LogP contribution in [-0.2, 0) is 16.8 Å². The van der Waals surface area contributed by atoms with Gasteiger partial charge in [-0.15, -0.1) is 0 Å². The fourth-order valence-corrected chi connectivity index (χ4v) is 1.69. The third kappa shape index (κ3) is 2.94. The second-order valence-corrected chi connectivity index (χ2v) is 4.56. The van der Waals surface area contributed by atoms with Crippen molar-refractivity contribution in [3.05, 3.63) is 17.1 Å². The minimum Gasteiger partial charge on any atom is -0.371 e. The van der Waals surface area contributed by atoms with Crippen molar-refractivity contribution in [2.45, 2.75) is 46.6 Å². The summed E-state index contributed by atoms with van der Waals surface area (Å²) in [6, 6.07) is 0. The van der Waals surface area contributed by atoms with Crippen LogP contribution in [0.15, 0.2) is 0 Å². The van der Waals surface area contributed by atoms with Gasteiger partial charge < -0.3 is 10.1 Å². The monoisotopic (exact) mass is 237 g/mol. The van der Waals surface area contributed by atoms with E-state index in [-0.39, 0.29) is 0 Å². The quantitative estimate of drug-likeness (QED) is 0.855. The van der Waals surface area contributed by atoms with E-state index in [4.69, 9.17) is 4.74 Å². The number of aryl methyl sites for hydroxylation is 1. The fourth-order valence-electron chi connectivity index (χ4n) is 1.69. The summed E-state index contributed by atoms with van der Waals surface area (Å²) in [5.74, 6) is 1.66. The minimum atomic E-state index is -0.457. The number of hydrogen-bond donors (Lipinski definition) is 1. The van der Waals surface area contributed by atoms with E-state index in [1.165, 1.54) is 5.56 Å². The number of rotatable bonds is 5. The first-order valence-electron chi connectivity index (χ1n) is 6.13. The molecule has 96 valence electrons. The molecule has 4 heteroatoms. The lowest BCUT2D eigenvalue weighted by molar-refractivity contribution is 0.0114. The molecule has 0 unspecified atom stereocenters. The van der Waals surface area contributed by atoms with E-state index in [9.17, 15) is 0 Å². The molecule has 0 amide bonds. The van der Waals surface area contributed by atoms with Crippen LogP contribution in [0, 0.1) is 6.92 Å². The van der Waals surface area contributed by atoms with Gasteiger partial charge in [0.2, 0.25) is 0 Å². The molecule has 1 N–H and O–H groups in total. The van der Waals surface area contributed by atoms with Crippen LogP contribution in [0.3, 0.4) is 0 Å². The molecule has 1 aromatic heterocycles. The van der Waals surface area contributed by atoms with Crippen molar-refractivity contribution in [2.24, 2.45) is 0 Å². The first kappa shape index (κ1) is 13.9. The molecule has 0 aliphatic carbocycles. The molecule has 0 aliphatic heterocycles. The molecule has 1 heterocycles. The Kier molecular flexibility index (Phi) is 4.46. The summed E-state index contributed by atoms with van der Waals surface area (Å²) in [5, 5.41) is 3.30. The molecule has 0 spiro atoms. The molecule has 0 aromatic carbocycles. The Labute approximate surface area is 104 Å². The van der Waals surface area contributed by atoms with Gasteiger partial charge in [0.25, 0.3) is 0 Å². The molecular weight excluding hydrogens is 214 g/mol. The highest BCUT2D eigenvalue weighted by Gasteiger charge is 2.25. The van der Waals surface area contributed by atoms with Gasteiger partial charge in [-0.1, -0.05) is 6.92 Å². The van der Waals surface area contributed by atoms with Crippen LogP contribution >= 0.6 is 0 Å². The Morgan fingerprint density at radius 1 is 1.24 bits per heavy atom. The second-order valence-electron chi connectivity index (χ2n) is 4.56. The Balaban J connectivity index is 3.28. The number of aromatic nitrogens is 2. The van der Waals surface area contributed by atoms with Crippen molar-refractivity contribution in [3.8, 4) is 0 Å². The van der Waals surface area contributed by atoms with Crippen molar-refractivity contribution in [1.29, 1.82) is 0 Å². The highest BCUT2D eigenvalue weighted by atomic mass is 16.5. The maximum Gasteiger partial charge on any atom is 0.162 e. The maximum absolute atomic E-state index is 5.43. The van der Waals surface area contributed by atoms with Crippen molar-refractivity contribution >= 4 is 5.82 Å². The molecule has 0 bridgehead atoms. The number of ether oxygens (including phenoxy) is 1. The van der Waals surface area contributed by atoms with E-state index in [1.54, 1.807) is 7.11 Å². The Morgan fingerprint density at radius 2 is 1.88 bits per heavy atom. The van der Waals surface area contributed by atoms with E-state index in [0.29, 0.717) is 0 Å². The first-order valence-corrected chi connectivity index (χ1v) is 6.13. The Morgan fingerprint density at radius 3 is 2.35 bits per heavy atom. The lowest BCUT2D eigenvalue weighted by atomic mass is 10.1. The molecule has 0 saturated carbocycles. The summed E-state index contributed by atoms with van der Waals surface area (Å²) in [5.41, 5.74) is 1.75. The van der Waals surface area contributed by atoms with Crippen molar-refractivity contribution in [3.63, 3.8) is 0 Å². The molecule has 0 saturated heterocycles. The number of hydrogen-bond acceptors (Lipinski definition) is 4. The van der Waals surface area contributed by atoms with E-state index < -0.39 is 5.60 Å². The third-order valence-electron chi connectivity index (χ3n) is 2.96. The third-order valence-corrected chi connectivity index (χ3v) is 2.96. The predicted molar refractivity (Wildman–Crippen MR) is 70.3 cm³/mol. The molecule has 0 aliphatic rings. The topological polar surface area (TPSA) is 47.0 Å². The highest BCUT2D eigenvalue weighted by molar-refractivity contribution is 5.46. The van der Waals surface area contributed by atoms with Crippen LogP contribution in [0.5, 0.6) is 0 Å². The van der Waals surface area contributed by atoms with E-state index >= 15 is 0 Å². The second kappa shape index (κ2) is 5.45. The summed E-state index contributed by atoms with van der Waals surface area (Å²) >= 11 is 0. The van der Waals surface area contributed by atoms with Crippen molar-refractivity contribution < 1.29 is 4.74 Å². The van der Waals surface area contributed by atoms with E-state index in [2.05, 4.69) is 29.1 Å². The van der Waals surface area contributed by atoms with Crippen molar-refractivity contribution in [2.75, 3.05) is 19.0 Å². The van der Waals surface area contributed by atoms with Gasteiger partial charge in [-0.25, -0.2) is 9.97 Å². The molecule has 17 heavy (non-hydrogen) atoms. The fraction of sp³-hybridized carbons (Fsp3) is 0.692. The van der Waals surface area contributed by atoms with Crippen LogP contribution in [0.1, 0.15) is 44.8 Å². The van der Waals surface area contributed by atoms with E-state index in [0.717, 1.165) is 30.3 Å². The zero-order chi connectivity index (χ0) is 13.1. The summed E-state index contributed by atoms with van der Waals surface area (Å²) in [6.45, 7) is 11.0. The molecule has 0 atom stereocenters. The molecule has 4 nitrogen and oxygen atoms in total. The zero-order valence-electron chi connectivity index (χ0n) is 11.7. The lowest BCUT2D eigenvalue weighted by Crippen LogP contribution is -2.25. The SMILES string of the molecule is CCNc1nc(C(C)(C)OC)nc(C)c1CC. The first-order chi connectivity index (χ1) is 7.96. The van der Waals surface area contributed by atoms with Gasteiger partial charge in [-0.2, -0.15) is 0 Å². The van der Waals surface area contributed by atoms with Crippen LogP contribution < -0.4 is 5.32 Å². The smallest absolute Gasteiger partial charge is 0.162 e. The Hall–Kier alpha value is -1.16. The van der Waals surface area contributed by atoms with Crippen LogP contribution in [-0.4, -0.2) is 23.6 Å². The van der Waals surface area contributed by atoms with E-state index in [1.807, 2.05) is 20.8 Å². The summed E-state index contributed by atoms with van der Waals surface area (Å²) in [6.07, 6.45) is 0.932. The maximum atomic E-state index is 5.43. The van der Waals surface area contributed by atoms with Gasteiger partial charge in [0.1, 0.15) is 11.4 Å². The number of nitrogens with zero attached hydrogens (tertiary/aromatic N) is 2. The van der Waals surface area contributed by atoms with Gasteiger partial charge in [-0.3, -0.25) is 0 Å². The van der Waals surface area contributed by atoms with Crippen LogP contribution in [0.25, 0.3) is 0 Å². The predicted octanol–water partition coefficient (Wildman–Crippen LogP) is 2.66. The van der Waals surface area contributed by atoms with Gasteiger partial charge in [0, 0.05) is 24.9 Å².